The topological polar surface area (TPSA) is 72.7 Å². The van der Waals surface area contributed by atoms with Crippen molar-refractivity contribution in [3.8, 4) is 5.75 Å². The monoisotopic (exact) mass is 354 g/mol. The molecule has 0 radical (unpaired) electrons. The normalized spacial score (nSPS) is 14.5. The fourth-order valence-electron chi connectivity index (χ4n) is 2.69. The number of hydrogen-bond acceptors (Lipinski definition) is 4. The van der Waals surface area contributed by atoms with Crippen molar-refractivity contribution < 1.29 is 14.5 Å². The predicted molar refractivity (Wildman–Crippen MR) is 98.3 cm³/mol. The number of nitrogens with zero attached hydrogens (tertiary/aromatic N) is 2. The van der Waals surface area contributed by atoms with Gasteiger partial charge in [0.05, 0.1) is 17.6 Å². The number of ether oxygens (including phenoxy) is 1. The van der Waals surface area contributed by atoms with Gasteiger partial charge in [-0.05, 0) is 55.5 Å². The number of nitro groups is 1. The molecule has 0 heterocycles. The summed E-state index contributed by atoms with van der Waals surface area (Å²) >= 11 is 0. The summed E-state index contributed by atoms with van der Waals surface area (Å²) in [4.78, 5) is 24.8. The van der Waals surface area contributed by atoms with Gasteiger partial charge in [-0.1, -0.05) is 12.1 Å². The van der Waals surface area contributed by atoms with Crippen LogP contribution in [0.5, 0.6) is 5.75 Å². The smallest absolute Gasteiger partial charge is 0.269 e. The van der Waals surface area contributed by atoms with Crippen molar-refractivity contribution in [3.63, 3.8) is 0 Å². The molecule has 1 aliphatic carbocycles. The lowest BCUT2D eigenvalue weighted by atomic mass is 10.1. The molecule has 2 aromatic carbocycles. The van der Waals surface area contributed by atoms with Crippen molar-refractivity contribution in [2.45, 2.75) is 25.8 Å². The lowest BCUT2D eigenvalue weighted by molar-refractivity contribution is -0.384. The Morgan fingerprint density at radius 3 is 2.58 bits per heavy atom. The van der Waals surface area contributed by atoms with Crippen LogP contribution in [0.1, 0.15) is 41.7 Å². The molecule has 1 saturated carbocycles. The van der Waals surface area contributed by atoms with Gasteiger partial charge in [-0.25, -0.2) is 0 Å². The fourth-order valence-corrected chi connectivity index (χ4v) is 2.69. The zero-order valence-corrected chi connectivity index (χ0v) is 14.9. The molecule has 6 nitrogen and oxygen atoms in total. The first-order chi connectivity index (χ1) is 12.5. The number of non-ortho nitro benzene ring substituents is 1. The third kappa shape index (κ3) is 4.20. The number of amides is 1. The van der Waals surface area contributed by atoms with Crippen molar-refractivity contribution in [3.05, 3.63) is 69.8 Å². The van der Waals surface area contributed by atoms with Crippen LogP contribution < -0.4 is 4.74 Å². The Kier molecular flexibility index (Phi) is 5.21. The molecule has 3 rings (SSSR count). The van der Waals surface area contributed by atoms with Crippen LogP contribution in [0.3, 0.4) is 0 Å². The van der Waals surface area contributed by atoms with Gasteiger partial charge in [-0.3, -0.25) is 14.9 Å². The standard InChI is InChI=1S/C20H22N2O4/c1-14(17-4-3-5-18(12-17)22(24)25)21(2)20(23)16-8-10-19(11-9-16)26-13-15-6-7-15/h3-5,8-12,14-15H,6-7,13H2,1-2H3. The highest BCUT2D eigenvalue weighted by molar-refractivity contribution is 5.94. The zero-order valence-electron chi connectivity index (χ0n) is 14.9. The number of rotatable bonds is 7. The lowest BCUT2D eigenvalue weighted by Gasteiger charge is -2.25. The molecule has 26 heavy (non-hydrogen) atoms. The second-order valence-electron chi connectivity index (χ2n) is 6.72. The molecule has 2 aromatic rings. The average Bonchev–Trinajstić information content (AvgIpc) is 3.49. The third-order valence-electron chi connectivity index (χ3n) is 4.75. The van der Waals surface area contributed by atoms with Gasteiger partial charge in [-0.2, -0.15) is 0 Å². The molecular weight excluding hydrogens is 332 g/mol. The molecule has 0 saturated heterocycles. The van der Waals surface area contributed by atoms with Crippen molar-refractivity contribution in [1.29, 1.82) is 0 Å². The summed E-state index contributed by atoms with van der Waals surface area (Å²) < 4.78 is 5.69. The lowest BCUT2D eigenvalue weighted by Crippen LogP contribution is -2.29. The van der Waals surface area contributed by atoms with E-state index in [0.29, 0.717) is 11.5 Å². The maximum Gasteiger partial charge on any atom is 0.269 e. The van der Waals surface area contributed by atoms with Gasteiger partial charge >= 0.3 is 0 Å². The summed E-state index contributed by atoms with van der Waals surface area (Å²) in [7, 11) is 1.70. The molecule has 0 spiro atoms. The van der Waals surface area contributed by atoms with Crippen molar-refractivity contribution in [2.24, 2.45) is 5.92 Å². The highest BCUT2D eigenvalue weighted by Crippen LogP contribution is 2.30. The molecular formula is C20H22N2O4. The van der Waals surface area contributed by atoms with Crippen LogP contribution in [0, 0.1) is 16.0 Å². The predicted octanol–water partition coefficient (Wildman–Crippen LogP) is 4.22. The Bertz CT molecular complexity index is 800. The Morgan fingerprint density at radius 1 is 1.27 bits per heavy atom. The molecule has 1 unspecified atom stereocenters. The summed E-state index contributed by atoms with van der Waals surface area (Å²) in [5.41, 5.74) is 1.30. The maximum absolute atomic E-state index is 12.7. The largest absolute Gasteiger partial charge is 0.493 e. The van der Waals surface area contributed by atoms with E-state index in [1.807, 2.05) is 19.1 Å². The second-order valence-corrected chi connectivity index (χ2v) is 6.72. The average molecular weight is 354 g/mol. The molecule has 1 aliphatic rings. The van der Waals surface area contributed by atoms with E-state index in [4.69, 9.17) is 4.74 Å². The van der Waals surface area contributed by atoms with Gasteiger partial charge in [0.2, 0.25) is 0 Å². The van der Waals surface area contributed by atoms with E-state index in [2.05, 4.69) is 0 Å². The minimum atomic E-state index is -0.432. The van der Waals surface area contributed by atoms with Crippen LogP contribution in [0.4, 0.5) is 5.69 Å². The van der Waals surface area contributed by atoms with Gasteiger partial charge in [0.15, 0.2) is 0 Å². The van der Waals surface area contributed by atoms with E-state index in [0.717, 1.165) is 17.9 Å². The maximum atomic E-state index is 12.7. The van der Waals surface area contributed by atoms with Crippen LogP contribution in [0.15, 0.2) is 48.5 Å². The summed E-state index contributed by atoms with van der Waals surface area (Å²) in [5.74, 6) is 1.30. The third-order valence-corrected chi connectivity index (χ3v) is 4.75. The van der Waals surface area contributed by atoms with E-state index in [1.165, 1.54) is 25.0 Å². The summed E-state index contributed by atoms with van der Waals surface area (Å²) in [5, 5.41) is 10.9. The van der Waals surface area contributed by atoms with Gasteiger partial charge in [0.1, 0.15) is 5.75 Å². The molecule has 0 aromatic heterocycles. The number of nitro benzene ring substituents is 1. The highest BCUT2D eigenvalue weighted by atomic mass is 16.6. The molecule has 0 bridgehead atoms. The van der Waals surface area contributed by atoms with E-state index in [9.17, 15) is 14.9 Å². The summed E-state index contributed by atoms with van der Waals surface area (Å²) in [6.07, 6.45) is 2.47. The first-order valence-corrected chi connectivity index (χ1v) is 8.70. The Morgan fingerprint density at radius 2 is 1.96 bits per heavy atom. The van der Waals surface area contributed by atoms with Gasteiger partial charge < -0.3 is 9.64 Å². The minimum absolute atomic E-state index is 0.0207. The van der Waals surface area contributed by atoms with E-state index >= 15 is 0 Å². The Labute approximate surface area is 152 Å². The second kappa shape index (κ2) is 7.56. The van der Waals surface area contributed by atoms with Gasteiger partial charge in [-0.15, -0.1) is 0 Å². The van der Waals surface area contributed by atoms with Crippen molar-refractivity contribution >= 4 is 11.6 Å². The van der Waals surface area contributed by atoms with Crippen LogP contribution in [-0.2, 0) is 0 Å². The van der Waals surface area contributed by atoms with Gasteiger partial charge in [0, 0.05) is 24.7 Å². The van der Waals surface area contributed by atoms with E-state index in [1.54, 1.807) is 36.2 Å². The molecule has 136 valence electrons. The Hall–Kier alpha value is -2.89. The number of carbonyl (C=O) groups excluding carboxylic acids is 1. The van der Waals surface area contributed by atoms with Crippen molar-refractivity contribution in [2.75, 3.05) is 13.7 Å². The van der Waals surface area contributed by atoms with Gasteiger partial charge in [0.25, 0.3) is 11.6 Å². The van der Waals surface area contributed by atoms with Crippen LogP contribution in [-0.4, -0.2) is 29.4 Å². The molecule has 1 amide bonds. The first kappa shape index (κ1) is 17.9. The number of carbonyl (C=O) groups is 1. The minimum Gasteiger partial charge on any atom is -0.493 e. The zero-order chi connectivity index (χ0) is 18.7. The molecule has 6 heteroatoms. The fraction of sp³-hybridized carbons (Fsp3) is 0.350. The Balaban J connectivity index is 1.67. The summed E-state index contributed by atoms with van der Waals surface area (Å²) in [6.45, 7) is 2.58. The number of hydrogen-bond donors (Lipinski definition) is 0. The van der Waals surface area contributed by atoms with E-state index in [-0.39, 0.29) is 17.6 Å². The molecule has 0 N–H and O–H groups in total. The van der Waals surface area contributed by atoms with Crippen molar-refractivity contribution in [1.82, 2.24) is 4.90 Å². The van der Waals surface area contributed by atoms with Crippen LogP contribution >= 0.6 is 0 Å². The molecule has 1 atom stereocenters. The highest BCUT2D eigenvalue weighted by Gasteiger charge is 2.22. The van der Waals surface area contributed by atoms with E-state index < -0.39 is 4.92 Å². The number of benzene rings is 2. The van der Waals surface area contributed by atoms with Crippen LogP contribution in [0.25, 0.3) is 0 Å². The molecule has 1 fully saturated rings. The quantitative estimate of drug-likeness (QED) is 0.551. The molecule has 0 aliphatic heterocycles. The van der Waals surface area contributed by atoms with Crippen LogP contribution in [0.2, 0.25) is 0 Å². The SMILES string of the molecule is CC(c1cccc([N+](=O)[O-])c1)N(C)C(=O)c1ccc(OCC2CC2)cc1. The summed E-state index contributed by atoms with van der Waals surface area (Å²) in [6, 6.07) is 13.2. The first-order valence-electron chi connectivity index (χ1n) is 8.70.